The van der Waals surface area contributed by atoms with Crippen LogP contribution in [0.3, 0.4) is 0 Å². The van der Waals surface area contributed by atoms with Gasteiger partial charge < -0.3 is 0 Å². The SMILES string of the molecule is CCCc1ccc(CCc2cc(F)c(CCc3cc(F)c(C)c(F)c3)c(F)c2)cc1. The third kappa shape index (κ3) is 5.50. The molecule has 3 aromatic carbocycles. The minimum atomic E-state index is -0.649. The van der Waals surface area contributed by atoms with E-state index < -0.39 is 23.3 Å². The molecule has 0 fully saturated rings. The van der Waals surface area contributed by atoms with Crippen molar-refractivity contribution in [3.8, 4) is 0 Å². The molecule has 30 heavy (non-hydrogen) atoms. The molecule has 3 aromatic rings. The summed E-state index contributed by atoms with van der Waals surface area (Å²) in [6.07, 6.45) is 3.57. The van der Waals surface area contributed by atoms with Crippen molar-refractivity contribution in [2.24, 2.45) is 0 Å². The average molecular weight is 414 g/mol. The maximum Gasteiger partial charge on any atom is 0.129 e. The molecule has 158 valence electrons. The van der Waals surface area contributed by atoms with E-state index in [4.69, 9.17) is 0 Å². The molecule has 0 atom stereocenters. The molecule has 0 saturated heterocycles. The molecular formula is C26H26F4. The Bertz CT molecular complexity index is 960. The first kappa shape index (κ1) is 22.1. The summed E-state index contributed by atoms with van der Waals surface area (Å²) in [6, 6.07) is 13.5. The molecule has 0 unspecified atom stereocenters. The van der Waals surface area contributed by atoms with Crippen molar-refractivity contribution in [1.29, 1.82) is 0 Å². The molecule has 0 heterocycles. The van der Waals surface area contributed by atoms with E-state index in [1.807, 2.05) is 0 Å². The number of hydrogen-bond donors (Lipinski definition) is 0. The Kier molecular flexibility index (Phi) is 7.30. The minimum absolute atomic E-state index is 0.0405. The van der Waals surface area contributed by atoms with Gasteiger partial charge in [-0.05, 0) is 85.5 Å². The summed E-state index contributed by atoms with van der Waals surface area (Å²) in [7, 11) is 0. The predicted octanol–water partition coefficient (Wildman–Crippen LogP) is 7.07. The molecule has 0 radical (unpaired) electrons. The molecule has 0 N–H and O–H groups in total. The molecule has 4 heteroatoms. The first-order chi connectivity index (χ1) is 14.4. The van der Waals surface area contributed by atoms with Crippen molar-refractivity contribution in [3.63, 3.8) is 0 Å². The van der Waals surface area contributed by atoms with Gasteiger partial charge in [0.2, 0.25) is 0 Å². The van der Waals surface area contributed by atoms with Crippen LogP contribution in [0, 0.1) is 30.2 Å². The monoisotopic (exact) mass is 414 g/mol. The van der Waals surface area contributed by atoms with Crippen LogP contribution in [0.5, 0.6) is 0 Å². The van der Waals surface area contributed by atoms with E-state index in [0.717, 1.165) is 18.4 Å². The Morgan fingerprint density at radius 1 is 0.533 bits per heavy atom. The molecule has 0 aliphatic heterocycles. The zero-order valence-corrected chi connectivity index (χ0v) is 17.4. The summed E-state index contributed by atoms with van der Waals surface area (Å²) in [5.41, 5.74) is 3.28. The van der Waals surface area contributed by atoms with Gasteiger partial charge in [0.05, 0.1) is 0 Å². The Hall–Kier alpha value is -2.62. The second kappa shape index (κ2) is 9.92. The van der Waals surface area contributed by atoms with Crippen molar-refractivity contribution in [1.82, 2.24) is 0 Å². The van der Waals surface area contributed by atoms with Gasteiger partial charge in [0, 0.05) is 11.1 Å². The van der Waals surface area contributed by atoms with E-state index in [1.165, 1.54) is 36.8 Å². The first-order valence-electron chi connectivity index (χ1n) is 10.4. The molecule has 0 spiro atoms. The van der Waals surface area contributed by atoms with E-state index in [2.05, 4.69) is 31.2 Å². The van der Waals surface area contributed by atoms with Gasteiger partial charge >= 0.3 is 0 Å². The fraction of sp³-hybridized carbons (Fsp3) is 0.308. The standard InChI is InChI=1S/C26H26F4/c1-3-4-18-5-7-19(8-6-18)9-10-20-15-25(29)22(26(30)16-20)12-11-21-13-23(27)17(2)24(28)14-21/h5-8,13-16H,3-4,9-12H2,1-2H3. The Morgan fingerprint density at radius 2 is 0.933 bits per heavy atom. The van der Waals surface area contributed by atoms with Crippen LogP contribution in [0.2, 0.25) is 0 Å². The van der Waals surface area contributed by atoms with E-state index in [9.17, 15) is 17.6 Å². The largest absolute Gasteiger partial charge is 0.207 e. The smallest absolute Gasteiger partial charge is 0.129 e. The van der Waals surface area contributed by atoms with E-state index >= 15 is 0 Å². The Labute approximate surface area is 175 Å². The fourth-order valence-electron chi connectivity index (χ4n) is 3.60. The van der Waals surface area contributed by atoms with Crippen molar-refractivity contribution in [2.45, 2.75) is 52.4 Å². The van der Waals surface area contributed by atoms with Gasteiger partial charge in [-0.15, -0.1) is 0 Å². The number of aryl methyl sites for hydroxylation is 4. The molecule has 0 bridgehead atoms. The zero-order chi connectivity index (χ0) is 21.7. The van der Waals surface area contributed by atoms with Crippen LogP contribution in [0.1, 0.15) is 46.7 Å². The second-order valence-electron chi connectivity index (χ2n) is 7.79. The molecule has 0 aromatic heterocycles. The van der Waals surface area contributed by atoms with Crippen molar-refractivity contribution < 1.29 is 17.6 Å². The summed E-state index contributed by atoms with van der Waals surface area (Å²) in [4.78, 5) is 0. The lowest BCUT2D eigenvalue weighted by Gasteiger charge is -2.10. The highest BCUT2D eigenvalue weighted by molar-refractivity contribution is 5.31. The first-order valence-corrected chi connectivity index (χ1v) is 10.4. The summed E-state index contributed by atoms with van der Waals surface area (Å²) in [5, 5.41) is 0. The van der Waals surface area contributed by atoms with Gasteiger partial charge in [0.25, 0.3) is 0 Å². The highest BCUT2D eigenvalue weighted by atomic mass is 19.1. The molecule has 0 nitrogen and oxygen atoms in total. The number of hydrogen-bond acceptors (Lipinski definition) is 0. The van der Waals surface area contributed by atoms with E-state index in [1.54, 1.807) is 0 Å². The average Bonchev–Trinajstić information content (AvgIpc) is 2.71. The fourth-order valence-corrected chi connectivity index (χ4v) is 3.60. The Morgan fingerprint density at radius 3 is 1.43 bits per heavy atom. The molecule has 0 aliphatic rings. The van der Waals surface area contributed by atoms with Crippen LogP contribution >= 0.6 is 0 Å². The second-order valence-corrected chi connectivity index (χ2v) is 7.79. The van der Waals surface area contributed by atoms with Gasteiger partial charge in [-0.1, -0.05) is 37.6 Å². The van der Waals surface area contributed by atoms with Crippen LogP contribution in [-0.2, 0) is 32.1 Å². The third-order valence-corrected chi connectivity index (χ3v) is 5.47. The quantitative estimate of drug-likeness (QED) is 0.346. The maximum absolute atomic E-state index is 14.5. The summed E-state index contributed by atoms with van der Waals surface area (Å²) < 4.78 is 56.4. The lowest BCUT2D eigenvalue weighted by molar-refractivity contribution is 0.548. The molecular weight excluding hydrogens is 388 g/mol. The molecule has 3 rings (SSSR count). The van der Waals surface area contributed by atoms with Gasteiger partial charge in [0.15, 0.2) is 0 Å². The topological polar surface area (TPSA) is 0 Å². The Balaban J connectivity index is 1.64. The highest BCUT2D eigenvalue weighted by Crippen LogP contribution is 2.21. The van der Waals surface area contributed by atoms with Crippen LogP contribution in [-0.4, -0.2) is 0 Å². The number of benzene rings is 3. The predicted molar refractivity (Wildman–Crippen MR) is 113 cm³/mol. The van der Waals surface area contributed by atoms with Crippen LogP contribution in [0.25, 0.3) is 0 Å². The normalized spacial score (nSPS) is 11.1. The molecule has 0 amide bonds. The van der Waals surface area contributed by atoms with Gasteiger partial charge in [-0.3, -0.25) is 0 Å². The summed E-state index contributed by atoms with van der Waals surface area (Å²) in [5.74, 6) is -2.53. The van der Waals surface area contributed by atoms with E-state index in [-0.39, 0.29) is 24.0 Å². The molecule has 0 saturated carbocycles. The maximum atomic E-state index is 14.5. The van der Waals surface area contributed by atoms with Crippen molar-refractivity contribution in [3.05, 3.63) is 105 Å². The van der Waals surface area contributed by atoms with Crippen LogP contribution in [0.4, 0.5) is 17.6 Å². The van der Waals surface area contributed by atoms with Crippen LogP contribution < -0.4 is 0 Å². The zero-order valence-electron chi connectivity index (χ0n) is 17.4. The van der Waals surface area contributed by atoms with Gasteiger partial charge in [-0.25, -0.2) is 17.6 Å². The minimum Gasteiger partial charge on any atom is -0.207 e. The van der Waals surface area contributed by atoms with Crippen molar-refractivity contribution in [2.75, 3.05) is 0 Å². The highest BCUT2D eigenvalue weighted by Gasteiger charge is 2.13. The van der Waals surface area contributed by atoms with E-state index in [0.29, 0.717) is 24.0 Å². The number of rotatable bonds is 8. The van der Waals surface area contributed by atoms with Crippen molar-refractivity contribution >= 4 is 0 Å². The molecule has 0 aliphatic carbocycles. The third-order valence-electron chi connectivity index (χ3n) is 5.47. The lowest BCUT2D eigenvalue weighted by atomic mass is 9.98. The van der Waals surface area contributed by atoms with Crippen LogP contribution in [0.15, 0.2) is 48.5 Å². The lowest BCUT2D eigenvalue weighted by Crippen LogP contribution is -2.03. The summed E-state index contributed by atoms with van der Waals surface area (Å²) in [6.45, 7) is 3.49. The van der Waals surface area contributed by atoms with Gasteiger partial charge in [-0.2, -0.15) is 0 Å². The number of halogens is 4. The summed E-state index contributed by atoms with van der Waals surface area (Å²) >= 11 is 0. The van der Waals surface area contributed by atoms with Gasteiger partial charge in [0.1, 0.15) is 23.3 Å².